The van der Waals surface area contributed by atoms with Crippen LogP contribution >= 0.6 is 0 Å². The summed E-state index contributed by atoms with van der Waals surface area (Å²) in [5.74, 6) is -0.801. The fourth-order valence-corrected chi connectivity index (χ4v) is 3.75. The zero-order valence-electron chi connectivity index (χ0n) is 18.5. The third-order valence-corrected chi connectivity index (χ3v) is 5.39. The van der Waals surface area contributed by atoms with E-state index in [1.54, 1.807) is 6.07 Å². The summed E-state index contributed by atoms with van der Waals surface area (Å²) < 4.78 is 10.6. The summed E-state index contributed by atoms with van der Waals surface area (Å²) >= 11 is 0. The average molecular weight is 432 g/mol. The van der Waals surface area contributed by atoms with Gasteiger partial charge in [0.1, 0.15) is 11.9 Å². The Morgan fingerprint density at radius 3 is 2.58 bits per heavy atom. The Balaban J connectivity index is 2.06. The Morgan fingerprint density at radius 2 is 1.97 bits per heavy atom. The predicted molar refractivity (Wildman–Crippen MR) is 117 cm³/mol. The molecule has 7 heteroatoms. The molecule has 1 aromatic heterocycles. The van der Waals surface area contributed by atoms with E-state index in [4.69, 9.17) is 9.47 Å². The Bertz CT molecular complexity index is 846. The van der Waals surface area contributed by atoms with Crippen LogP contribution in [0.3, 0.4) is 0 Å². The van der Waals surface area contributed by atoms with E-state index in [1.807, 2.05) is 18.5 Å². The molecule has 0 radical (unpaired) electrons. The topological polar surface area (TPSA) is 109 Å². The number of aromatic nitrogens is 1. The number of rotatable bonds is 13. The first-order chi connectivity index (χ1) is 14.8. The van der Waals surface area contributed by atoms with Gasteiger partial charge in [0, 0.05) is 38.1 Å². The van der Waals surface area contributed by atoms with Crippen molar-refractivity contribution in [1.82, 2.24) is 4.98 Å². The number of unbranched alkanes of at least 4 members (excludes halogenated alkanes) is 1. The van der Waals surface area contributed by atoms with Gasteiger partial charge in [0.25, 0.3) is 0 Å². The number of hydrogen-bond donors (Lipinski definition) is 3. The Hall–Kier alpha value is -2.96. The number of carbonyl (C=O) groups excluding carboxylic acids is 2. The van der Waals surface area contributed by atoms with Gasteiger partial charge in [0.05, 0.1) is 7.11 Å². The molecule has 0 saturated heterocycles. The van der Waals surface area contributed by atoms with Gasteiger partial charge in [-0.3, -0.25) is 9.59 Å². The van der Waals surface area contributed by atoms with E-state index in [0.29, 0.717) is 12.0 Å². The Morgan fingerprint density at radius 1 is 1.19 bits per heavy atom. The number of hydrogen-bond acceptors (Lipinski definition) is 6. The number of carbonyl (C=O) groups is 2. The van der Waals surface area contributed by atoms with Crippen molar-refractivity contribution in [3.05, 3.63) is 41.7 Å². The minimum atomic E-state index is -0.478. The Labute approximate surface area is 183 Å². The molecule has 0 unspecified atom stereocenters. The van der Waals surface area contributed by atoms with Crippen molar-refractivity contribution in [1.29, 1.82) is 0 Å². The van der Waals surface area contributed by atoms with Crippen LogP contribution in [0.4, 0.5) is 0 Å². The van der Waals surface area contributed by atoms with Gasteiger partial charge in [-0.05, 0) is 48.6 Å². The van der Waals surface area contributed by atoms with Gasteiger partial charge >= 0.3 is 5.97 Å². The monoisotopic (exact) mass is 431 g/mol. The molecular formula is C24H33NO6. The van der Waals surface area contributed by atoms with Gasteiger partial charge in [-0.25, -0.2) is 0 Å². The van der Waals surface area contributed by atoms with Gasteiger partial charge < -0.3 is 24.7 Å². The number of Topliss-reactive ketones (excluding diaryl/α,β-unsaturated/α-hetero) is 1. The molecule has 0 aliphatic rings. The van der Waals surface area contributed by atoms with Crippen molar-refractivity contribution in [3.8, 4) is 17.2 Å². The summed E-state index contributed by atoms with van der Waals surface area (Å²) in [6, 6.07) is 5.02. The lowest BCUT2D eigenvalue weighted by Crippen LogP contribution is -2.30. The van der Waals surface area contributed by atoms with Crippen molar-refractivity contribution in [3.63, 3.8) is 0 Å². The fraction of sp³-hybridized carbons (Fsp3) is 0.500. The van der Waals surface area contributed by atoms with Gasteiger partial charge in [-0.2, -0.15) is 0 Å². The third kappa shape index (κ3) is 7.66. The number of esters is 1. The molecule has 31 heavy (non-hydrogen) atoms. The maximum atomic E-state index is 12.8. The van der Waals surface area contributed by atoms with E-state index in [1.165, 1.54) is 20.1 Å². The van der Waals surface area contributed by atoms with E-state index in [-0.39, 0.29) is 47.8 Å². The molecule has 0 bridgehead atoms. The number of phenolic OH excluding ortho intramolecular Hbond substituents is 2. The fourth-order valence-electron chi connectivity index (χ4n) is 3.75. The number of nitrogens with one attached hydrogen (secondary N) is 1. The number of ether oxygens (including phenoxy) is 2. The van der Waals surface area contributed by atoms with Crippen LogP contribution in [0.2, 0.25) is 0 Å². The summed E-state index contributed by atoms with van der Waals surface area (Å²) in [6.45, 7) is 3.48. The molecule has 1 heterocycles. The number of ketones is 1. The molecule has 170 valence electrons. The summed E-state index contributed by atoms with van der Waals surface area (Å²) in [4.78, 5) is 27.5. The second kappa shape index (κ2) is 12.0. The van der Waals surface area contributed by atoms with Crippen molar-refractivity contribution < 1.29 is 29.3 Å². The quantitative estimate of drug-likeness (QED) is 0.322. The SMILES string of the molecule is CCCC[C@H](Cc1cc[nH]c1)[C@H](CC(=O)CCc1cc(O)c(O)c(OC)c1)OC(C)=O. The highest BCUT2D eigenvalue weighted by Crippen LogP contribution is 2.36. The van der Waals surface area contributed by atoms with Gasteiger partial charge in [-0.1, -0.05) is 19.8 Å². The first-order valence-electron chi connectivity index (χ1n) is 10.7. The van der Waals surface area contributed by atoms with E-state index >= 15 is 0 Å². The van der Waals surface area contributed by atoms with E-state index in [9.17, 15) is 19.8 Å². The third-order valence-electron chi connectivity index (χ3n) is 5.39. The molecule has 0 saturated carbocycles. The lowest BCUT2D eigenvalue weighted by Gasteiger charge is -2.26. The smallest absolute Gasteiger partial charge is 0.302 e. The molecule has 2 rings (SSSR count). The second-order valence-corrected chi connectivity index (χ2v) is 7.88. The zero-order chi connectivity index (χ0) is 22.8. The van der Waals surface area contributed by atoms with Gasteiger partial charge in [0.2, 0.25) is 5.75 Å². The first kappa shape index (κ1) is 24.3. The highest BCUT2D eigenvalue weighted by Gasteiger charge is 2.27. The molecule has 2 aromatic rings. The van der Waals surface area contributed by atoms with Crippen LogP contribution in [0.25, 0.3) is 0 Å². The van der Waals surface area contributed by atoms with Crippen molar-refractivity contribution >= 4 is 11.8 Å². The molecule has 0 spiro atoms. The number of benzene rings is 1. The van der Waals surface area contributed by atoms with Crippen LogP contribution in [0.15, 0.2) is 30.6 Å². The van der Waals surface area contributed by atoms with Gasteiger partial charge in [0.15, 0.2) is 11.5 Å². The summed E-state index contributed by atoms with van der Waals surface area (Å²) in [6.07, 6.45) is 7.70. The number of H-pyrrole nitrogens is 1. The number of phenols is 2. The molecule has 0 aliphatic heterocycles. The summed E-state index contributed by atoms with van der Waals surface area (Å²) in [7, 11) is 1.40. The van der Waals surface area contributed by atoms with Crippen LogP contribution in [-0.4, -0.2) is 40.2 Å². The molecule has 0 amide bonds. The highest BCUT2D eigenvalue weighted by molar-refractivity contribution is 5.79. The van der Waals surface area contributed by atoms with E-state index < -0.39 is 6.10 Å². The highest BCUT2D eigenvalue weighted by atomic mass is 16.5. The predicted octanol–water partition coefficient (Wildman–Crippen LogP) is 4.31. The minimum absolute atomic E-state index is 0.0200. The van der Waals surface area contributed by atoms with Crippen LogP contribution in [0.5, 0.6) is 17.2 Å². The van der Waals surface area contributed by atoms with Gasteiger partial charge in [-0.15, -0.1) is 0 Å². The molecule has 0 fully saturated rings. The van der Waals surface area contributed by atoms with E-state index in [0.717, 1.165) is 31.2 Å². The molecular weight excluding hydrogens is 398 g/mol. The maximum Gasteiger partial charge on any atom is 0.302 e. The summed E-state index contributed by atoms with van der Waals surface area (Å²) in [5, 5.41) is 19.6. The first-order valence-corrected chi connectivity index (χ1v) is 10.7. The number of aryl methyl sites for hydroxylation is 1. The molecule has 1 aromatic carbocycles. The maximum absolute atomic E-state index is 12.8. The minimum Gasteiger partial charge on any atom is -0.504 e. The molecule has 7 nitrogen and oxygen atoms in total. The normalized spacial score (nSPS) is 12.9. The summed E-state index contributed by atoms with van der Waals surface area (Å²) in [5.41, 5.74) is 1.80. The van der Waals surface area contributed by atoms with Crippen LogP contribution in [0, 0.1) is 5.92 Å². The van der Waals surface area contributed by atoms with Crippen LogP contribution < -0.4 is 4.74 Å². The number of aromatic amines is 1. The number of aromatic hydroxyl groups is 2. The van der Waals surface area contributed by atoms with Crippen molar-refractivity contribution in [2.45, 2.75) is 64.9 Å². The zero-order valence-corrected chi connectivity index (χ0v) is 18.5. The van der Waals surface area contributed by atoms with Crippen molar-refractivity contribution in [2.75, 3.05) is 7.11 Å². The van der Waals surface area contributed by atoms with Crippen molar-refractivity contribution in [2.24, 2.45) is 5.92 Å². The molecule has 2 atom stereocenters. The molecule has 3 N–H and O–H groups in total. The second-order valence-electron chi connectivity index (χ2n) is 7.88. The lowest BCUT2D eigenvalue weighted by molar-refractivity contribution is -0.150. The van der Waals surface area contributed by atoms with E-state index in [2.05, 4.69) is 11.9 Å². The Kier molecular flexibility index (Phi) is 9.43. The van der Waals surface area contributed by atoms with Crippen LogP contribution in [-0.2, 0) is 27.2 Å². The lowest BCUT2D eigenvalue weighted by atomic mass is 9.87. The number of methoxy groups -OCH3 is 1. The largest absolute Gasteiger partial charge is 0.504 e. The van der Waals surface area contributed by atoms with Crippen LogP contribution in [0.1, 0.15) is 57.1 Å². The average Bonchev–Trinajstić information content (AvgIpc) is 3.24. The standard InChI is InChI=1S/C24H33NO6/c1-4-5-6-19(11-18-9-10-25-15-18)22(31-16(2)26)14-20(27)8-7-17-12-21(28)24(29)23(13-17)30-3/h9-10,12-13,15,19,22,25,28-29H,4-8,11,14H2,1-3H3/t19-,22+/m1/s1. The molecule has 0 aliphatic carbocycles.